The fraction of sp³-hybridized carbons (Fsp3) is 0.308. The van der Waals surface area contributed by atoms with Crippen molar-refractivity contribution in [2.24, 2.45) is 5.14 Å². The standard InChI is InChI=1S/C13H17BrN4O2S/c1-9(2)18-8-16-6-10(18)7-17-13-4-3-11(5-12(13)14)21(15,19)20/h3-6,8-9,17H,7H2,1-2H3,(H2,15,19,20). The summed E-state index contributed by atoms with van der Waals surface area (Å²) in [5.41, 5.74) is 1.84. The van der Waals surface area contributed by atoms with Crippen LogP contribution >= 0.6 is 15.9 Å². The molecule has 1 aromatic carbocycles. The van der Waals surface area contributed by atoms with Gasteiger partial charge in [0.2, 0.25) is 10.0 Å². The number of halogens is 1. The molecule has 0 saturated carbocycles. The Bertz CT molecular complexity index is 740. The second kappa shape index (κ2) is 6.17. The molecule has 0 unspecified atom stereocenters. The highest BCUT2D eigenvalue weighted by Gasteiger charge is 2.11. The lowest BCUT2D eigenvalue weighted by Gasteiger charge is -2.14. The number of sulfonamides is 1. The van der Waals surface area contributed by atoms with Gasteiger partial charge in [-0.15, -0.1) is 0 Å². The summed E-state index contributed by atoms with van der Waals surface area (Å²) in [7, 11) is -3.69. The SMILES string of the molecule is CC(C)n1cncc1CNc1ccc(S(N)(=O)=O)cc1Br. The van der Waals surface area contributed by atoms with Crippen LogP contribution in [0.15, 0.2) is 40.1 Å². The first kappa shape index (κ1) is 16.0. The molecule has 8 heteroatoms. The van der Waals surface area contributed by atoms with Crippen LogP contribution in [0.2, 0.25) is 0 Å². The molecule has 0 spiro atoms. The minimum atomic E-state index is -3.69. The first-order chi connectivity index (χ1) is 9.79. The molecule has 2 aromatic rings. The van der Waals surface area contributed by atoms with Crippen molar-refractivity contribution in [3.05, 3.63) is 40.9 Å². The molecule has 1 heterocycles. The summed E-state index contributed by atoms with van der Waals surface area (Å²) in [6.07, 6.45) is 3.60. The van der Waals surface area contributed by atoms with Gasteiger partial charge in [-0.25, -0.2) is 18.5 Å². The lowest BCUT2D eigenvalue weighted by atomic mass is 10.3. The minimum absolute atomic E-state index is 0.0761. The van der Waals surface area contributed by atoms with E-state index in [4.69, 9.17) is 5.14 Å². The highest BCUT2D eigenvalue weighted by atomic mass is 79.9. The molecule has 2 rings (SSSR count). The third kappa shape index (κ3) is 3.84. The van der Waals surface area contributed by atoms with Gasteiger partial charge in [0.05, 0.1) is 23.5 Å². The van der Waals surface area contributed by atoms with E-state index in [0.29, 0.717) is 17.1 Å². The molecule has 6 nitrogen and oxygen atoms in total. The number of primary sulfonamides is 1. The largest absolute Gasteiger partial charge is 0.378 e. The second-order valence-electron chi connectivity index (χ2n) is 4.93. The van der Waals surface area contributed by atoms with Gasteiger partial charge in [-0.1, -0.05) is 0 Å². The van der Waals surface area contributed by atoms with Crippen molar-refractivity contribution in [2.45, 2.75) is 31.3 Å². The summed E-state index contributed by atoms with van der Waals surface area (Å²) in [5.74, 6) is 0. The van der Waals surface area contributed by atoms with Crippen molar-refractivity contribution in [1.29, 1.82) is 0 Å². The molecule has 0 atom stereocenters. The molecule has 0 radical (unpaired) electrons. The number of hydrogen-bond acceptors (Lipinski definition) is 4. The molecule has 3 N–H and O–H groups in total. The fourth-order valence-corrected chi connectivity index (χ4v) is 3.15. The molecule has 0 aliphatic carbocycles. The van der Waals surface area contributed by atoms with E-state index < -0.39 is 10.0 Å². The zero-order valence-electron chi connectivity index (χ0n) is 11.7. The van der Waals surface area contributed by atoms with Gasteiger partial charge in [-0.3, -0.25) is 0 Å². The lowest BCUT2D eigenvalue weighted by molar-refractivity contribution is 0.577. The van der Waals surface area contributed by atoms with Gasteiger partial charge in [0.1, 0.15) is 0 Å². The fourth-order valence-electron chi connectivity index (χ4n) is 1.94. The molecular formula is C13H17BrN4O2S. The predicted octanol–water partition coefficient (Wildman–Crippen LogP) is 2.49. The third-order valence-electron chi connectivity index (χ3n) is 3.03. The number of nitrogens with zero attached hydrogens (tertiary/aromatic N) is 2. The topological polar surface area (TPSA) is 90.0 Å². The van der Waals surface area contributed by atoms with Crippen molar-refractivity contribution >= 4 is 31.6 Å². The summed E-state index contributed by atoms with van der Waals surface area (Å²) in [6, 6.07) is 4.97. The Kier molecular flexibility index (Phi) is 4.70. The highest BCUT2D eigenvalue weighted by molar-refractivity contribution is 9.10. The second-order valence-corrected chi connectivity index (χ2v) is 7.34. The van der Waals surface area contributed by atoms with Gasteiger partial charge in [0.25, 0.3) is 0 Å². The van der Waals surface area contributed by atoms with Crippen LogP contribution in [0.5, 0.6) is 0 Å². The number of rotatable bonds is 5. The Morgan fingerprint density at radius 2 is 2.14 bits per heavy atom. The highest BCUT2D eigenvalue weighted by Crippen LogP contribution is 2.26. The normalized spacial score (nSPS) is 11.9. The van der Waals surface area contributed by atoms with E-state index in [9.17, 15) is 8.42 Å². The average molecular weight is 373 g/mol. The molecule has 0 bridgehead atoms. The van der Waals surface area contributed by atoms with Gasteiger partial charge < -0.3 is 9.88 Å². The molecular weight excluding hydrogens is 356 g/mol. The quantitative estimate of drug-likeness (QED) is 0.843. The van der Waals surface area contributed by atoms with Crippen LogP contribution in [0.4, 0.5) is 5.69 Å². The zero-order chi connectivity index (χ0) is 15.6. The van der Waals surface area contributed by atoms with Crippen LogP contribution in [-0.4, -0.2) is 18.0 Å². The molecule has 21 heavy (non-hydrogen) atoms. The lowest BCUT2D eigenvalue weighted by Crippen LogP contribution is -2.12. The molecule has 0 aliphatic heterocycles. The van der Waals surface area contributed by atoms with Gasteiger partial charge in [-0.2, -0.15) is 0 Å². The molecule has 0 aliphatic rings. The zero-order valence-corrected chi connectivity index (χ0v) is 14.1. The van der Waals surface area contributed by atoms with Crippen LogP contribution in [-0.2, 0) is 16.6 Å². The van der Waals surface area contributed by atoms with Crippen LogP contribution in [0.1, 0.15) is 25.6 Å². The first-order valence-corrected chi connectivity index (χ1v) is 8.70. The number of nitrogens with two attached hydrogens (primary N) is 1. The molecule has 0 fully saturated rings. The van der Waals surface area contributed by atoms with E-state index in [0.717, 1.165) is 11.4 Å². The molecule has 0 amide bonds. The molecule has 0 saturated heterocycles. The van der Waals surface area contributed by atoms with E-state index in [1.54, 1.807) is 18.6 Å². The maximum atomic E-state index is 11.3. The van der Waals surface area contributed by atoms with Crippen molar-refractivity contribution in [2.75, 3.05) is 5.32 Å². The van der Waals surface area contributed by atoms with Crippen LogP contribution < -0.4 is 10.5 Å². The van der Waals surface area contributed by atoms with E-state index in [2.05, 4.69) is 44.6 Å². The Morgan fingerprint density at radius 1 is 1.43 bits per heavy atom. The van der Waals surface area contributed by atoms with E-state index in [1.165, 1.54) is 12.1 Å². The van der Waals surface area contributed by atoms with Crippen LogP contribution in [0, 0.1) is 0 Å². The predicted molar refractivity (Wildman–Crippen MR) is 85.5 cm³/mol. The van der Waals surface area contributed by atoms with Gasteiger partial charge >= 0.3 is 0 Å². The van der Waals surface area contributed by atoms with E-state index >= 15 is 0 Å². The van der Waals surface area contributed by atoms with E-state index in [1.807, 2.05) is 0 Å². The van der Waals surface area contributed by atoms with Crippen molar-refractivity contribution < 1.29 is 8.42 Å². The summed E-state index contributed by atoms with van der Waals surface area (Å²) in [4.78, 5) is 4.22. The van der Waals surface area contributed by atoms with Gasteiger partial charge in [-0.05, 0) is 48.0 Å². The number of aromatic nitrogens is 2. The Balaban J connectivity index is 2.16. The summed E-state index contributed by atoms with van der Waals surface area (Å²) >= 11 is 3.35. The first-order valence-electron chi connectivity index (χ1n) is 6.36. The van der Waals surface area contributed by atoms with Crippen molar-refractivity contribution in [3.63, 3.8) is 0 Å². The minimum Gasteiger partial charge on any atom is -0.378 e. The maximum Gasteiger partial charge on any atom is 0.238 e. The monoisotopic (exact) mass is 372 g/mol. The Morgan fingerprint density at radius 3 is 2.71 bits per heavy atom. The Labute approximate surface area is 132 Å². The number of hydrogen-bond donors (Lipinski definition) is 2. The summed E-state index contributed by atoms with van der Waals surface area (Å²) < 4.78 is 25.3. The maximum absolute atomic E-state index is 11.3. The van der Waals surface area contributed by atoms with Gasteiger partial charge in [0, 0.05) is 22.4 Å². The Hall–Kier alpha value is -1.38. The number of imidazole rings is 1. The number of anilines is 1. The number of nitrogens with one attached hydrogen (secondary N) is 1. The summed E-state index contributed by atoms with van der Waals surface area (Å²) in [5, 5.41) is 8.35. The van der Waals surface area contributed by atoms with E-state index in [-0.39, 0.29) is 4.90 Å². The third-order valence-corrected chi connectivity index (χ3v) is 4.60. The average Bonchev–Trinajstić information content (AvgIpc) is 2.84. The number of benzene rings is 1. The molecule has 114 valence electrons. The van der Waals surface area contributed by atoms with Gasteiger partial charge in [0.15, 0.2) is 0 Å². The summed E-state index contributed by atoms with van der Waals surface area (Å²) in [6.45, 7) is 4.76. The van der Waals surface area contributed by atoms with Crippen molar-refractivity contribution in [3.8, 4) is 0 Å². The van der Waals surface area contributed by atoms with Crippen molar-refractivity contribution in [1.82, 2.24) is 9.55 Å². The molecule has 1 aromatic heterocycles. The van der Waals surface area contributed by atoms with Crippen LogP contribution in [0.3, 0.4) is 0 Å². The van der Waals surface area contributed by atoms with Crippen LogP contribution in [0.25, 0.3) is 0 Å². The smallest absolute Gasteiger partial charge is 0.238 e.